The number of amides is 3. The second-order valence-corrected chi connectivity index (χ2v) is 2.26. The summed E-state index contributed by atoms with van der Waals surface area (Å²) < 4.78 is 34.8. The Balaban J connectivity index is 3.56. The molecule has 0 saturated heterocycles. The highest BCUT2D eigenvalue weighted by Crippen LogP contribution is 2.13. The van der Waals surface area contributed by atoms with Gasteiger partial charge in [-0.2, -0.15) is 13.2 Å². The van der Waals surface area contributed by atoms with Gasteiger partial charge in [0.15, 0.2) is 0 Å². The maximum absolute atomic E-state index is 11.6. The number of rotatable bonds is 3. The first-order valence-electron chi connectivity index (χ1n) is 3.68. The van der Waals surface area contributed by atoms with E-state index in [4.69, 9.17) is 0 Å². The third-order valence-electron chi connectivity index (χ3n) is 1.18. The average molecular weight is 213 g/mol. The zero-order valence-electron chi connectivity index (χ0n) is 7.36. The van der Waals surface area contributed by atoms with Crippen LogP contribution in [0.1, 0.15) is 0 Å². The fraction of sp³-hybridized carbons (Fsp3) is 0.667. The summed E-state index contributed by atoms with van der Waals surface area (Å²) >= 11 is 0. The number of alkyl halides is 3. The van der Waals surface area contributed by atoms with Crippen LogP contribution in [-0.4, -0.2) is 38.3 Å². The van der Waals surface area contributed by atoms with Gasteiger partial charge in [-0.1, -0.05) is 0 Å². The molecule has 0 aromatic carbocycles. The van der Waals surface area contributed by atoms with E-state index in [1.54, 1.807) is 5.32 Å². The Hall–Kier alpha value is -1.47. The van der Waals surface area contributed by atoms with Crippen LogP contribution >= 0.6 is 0 Å². The molecule has 0 saturated carbocycles. The Bertz CT molecular complexity index is 217. The Kier molecular flexibility index (Phi) is 4.74. The Morgan fingerprint density at radius 3 is 2.07 bits per heavy atom. The molecule has 0 heterocycles. The quantitative estimate of drug-likeness (QED) is 0.558. The minimum Gasteiger partial charge on any atom is -0.347 e. The molecule has 0 spiro atoms. The highest BCUT2D eigenvalue weighted by molar-refractivity contribution is 5.81. The van der Waals surface area contributed by atoms with E-state index in [0.29, 0.717) is 0 Å². The van der Waals surface area contributed by atoms with Crippen LogP contribution in [0.2, 0.25) is 0 Å². The molecule has 0 aliphatic rings. The molecule has 0 aliphatic heterocycles. The molecule has 0 aliphatic carbocycles. The lowest BCUT2D eigenvalue weighted by atomic mass is 10.5. The standard InChI is InChI=1S/C6H10F3N3O2/c1-10-5(14)12-3-2-11-4(13)6(7,8)9/h2-3H2,1H3,(H,11,13)(H2,10,12,14). The summed E-state index contributed by atoms with van der Waals surface area (Å²) in [7, 11) is 1.36. The van der Waals surface area contributed by atoms with Crippen molar-refractivity contribution in [3.05, 3.63) is 0 Å². The van der Waals surface area contributed by atoms with Crippen LogP contribution in [0, 0.1) is 0 Å². The normalized spacial score (nSPS) is 10.6. The smallest absolute Gasteiger partial charge is 0.347 e. The molecule has 0 aromatic rings. The van der Waals surface area contributed by atoms with Gasteiger partial charge >= 0.3 is 18.1 Å². The van der Waals surface area contributed by atoms with E-state index in [2.05, 4.69) is 10.6 Å². The van der Waals surface area contributed by atoms with Gasteiger partial charge in [0.25, 0.3) is 0 Å². The number of halogens is 3. The van der Waals surface area contributed by atoms with Crippen molar-refractivity contribution in [1.82, 2.24) is 16.0 Å². The van der Waals surface area contributed by atoms with Crippen LogP contribution in [0.4, 0.5) is 18.0 Å². The Morgan fingerprint density at radius 1 is 1.14 bits per heavy atom. The van der Waals surface area contributed by atoms with Crippen molar-refractivity contribution in [1.29, 1.82) is 0 Å². The predicted molar refractivity (Wildman–Crippen MR) is 41.5 cm³/mol. The summed E-state index contributed by atoms with van der Waals surface area (Å²) in [6.07, 6.45) is -4.88. The molecule has 0 aromatic heterocycles. The first-order valence-corrected chi connectivity index (χ1v) is 3.68. The second kappa shape index (κ2) is 5.30. The summed E-state index contributed by atoms with van der Waals surface area (Å²) in [6, 6.07) is -0.522. The van der Waals surface area contributed by atoms with Gasteiger partial charge in [0.2, 0.25) is 0 Å². The van der Waals surface area contributed by atoms with Crippen LogP contribution < -0.4 is 16.0 Å². The third-order valence-corrected chi connectivity index (χ3v) is 1.18. The van der Waals surface area contributed by atoms with Crippen LogP contribution in [0.5, 0.6) is 0 Å². The fourth-order valence-electron chi connectivity index (χ4n) is 0.541. The van der Waals surface area contributed by atoms with Gasteiger partial charge in [0, 0.05) is 20.1 Å². The summed E-state index contributed by atoms with van der Waals surface area (Å²) in [5.41, 5.74) is 0. The molecule has 8 heteroatoms. The van der Waals surface area contributed by atoms with Gasteiger partial charge in [-0.15, -0.1) is 0 Å². The van der Waals surface area contributed by atoms with Gasteiger partial charge in [0.1, 0.15) is 0 Å². The fourth-order valence-corrected chi connectivity index (χ4v) is 0.541. The maximum Gasteiger partial charge on any atom is 0.471 e. The lowest BCUT2D eigenvalue weighted by Crippen LogP contribution is -2.42. The zero-order valence-corrected chi connectivity index (χ0v) is 7.36. The highest BCUT2D eigenvalue weighted by Gasteiger charge is 2.38. The summed E-state index contributed by atoms with van der Waals surface area (Å²) in [6.45, 7) is -0.340. The molecule has 0 radical (unpaired) electrons. The van der Waals surface area contributed by atoms with Crippen molar-refractivity contribution < 1.29 is 22.8 Å². The molecule has 0 rings (SSSR count). The van der Waals surface area contributed by atoms with E-state index >= 15 is 0 Å². The molecular formula is C6H10F3N3O2. The molecule has 0 fully saturated rings. The van der Waals surface area contributed by atoms with Gasteiger partial charge < -0.3 is 16.0 Å². The lowest BCUT2D eigenvalue weighted by molar-refractivity contribution is -0.173. The van der Waals surface area contributed by atoms with Gasteiger partial charge in [-0.05, 0) is 0 Å². The van der Waals surface area contributed by atoms with Crippen molar-refractivity contribution >= 4 is 11.9 Å². The van der Waals surface area contributed by atoms with Crippen molar-refractivity contribution in [2.24, 2.45) is 0 Å². The first kappa shape index (κ1) is 12.5. The van der Waals surface area contributed by atoms with Gasteiger partial charge in [0.05, 0.1) is 0 Å². The molecule has 0 atom stereocenters. The number of hydrogen-bond acceptors (Lipinski definition) is 2. The van der Waals surface area contributed by atoms with Crippen molar-refractivity contribution in [2.45, 2.75) is 6.18 Å². The van der Waals surface area contributed by atoms with Crippen LogP contribution in [-0.2, 0) is 4.79 Å². The molecule has 5 nitrogen and oxygen atoms in total. The monoisotopic (exact) mass is 213 g/mol. The molecule has 3 amide bonds. The highest BCUT2D eigenvalue weighted by atomic mass is 19.4. The van der Waals surface area contributed by atoms with Crippen molar-refractivity contribution in [2.75, 3.05) is 20.1 Å². The van der Waals surface area contributed by atoms with E-state index in [1.807, 2.05) is 0 Å². The van der Waals surface area contributed by atoms with Crippen molar-refractivity contribution in [3.8, 4) is 0 Å². The largest absolute Gasteiger partial charge is 0.471 e. The second-order valence-electron chi connectivity index (χ2n) is 2.26. The number of carbonyl (C=O) groups excluding carboxylic acids is 2. The number of hydrogen-bond donors (Lipinski definition) is 3. The molecule has 0 unspecified atom stereocenters. The summed E-state index contributed by atoms with van der Waals surface area (Å²) in [5, 5.41) is 6.00. The number of urea groups is 1. The van der Waals surface area contributed by atoms with E-state index in [1.165, 1.54) is 7.05 Å². The SMILES string of the molecule is CNC(=O)NCCNC(=O)C(F)(F)F. The van der Waals surface area contributed by atoms with Crippen LogP contribution in [0.25, 0.3) is 0 Å². The van der Waals surface area contributed by atoms with Crippen molar-refractivity contribution in [3.63, 3.8) is 0 Å². The average Bonchev–Trinajstić information content (AvgIpc) is 2.09. The van der Waals surface area contributed by atoms with Gasteiger partial charge in [-0.3, -0.25) is 4.79 Å². The number of carbonyl (C=O) groups is 2. The summed E-state index contributed by atoms with van der Waals surface area (Å²) in [5.74, 6) is -2.02. The lowest BCUT2D eigenvalue weighted by Gasteiger charge is -2.08. The van der Waals surface area contributed by atoms with Crippen LogP contribution in [0.3, 0.4) is 0 Å². The maximum atomic E-state index is 11.6. The molecule has 0 bridgehead atoms. The molecule has 3 N–H and O–H groups in total. The minimum absolute atomic E-state index is 0.0680. The Morgan fingerprint density at radius 2 is 1.64 bits per heavy atom. The zero-order chi connectivity index (χ0) is 11.2. The van der Waals surface area contributed by atoms with E-state index in [0.717, 1.165) is 0 Å². The third kappa shape index (κ3) is 5.22. The van der Waals surface area contributed by atoms with E-state index < -0.39 is 18.1 Å². The van der Waals surface area contributed by atoms with E-state index in [9.17, 15) is 22.8 Å². The first-order chi connectivity index (χ1) is 6.38. The number of nitrogens with one attached hydrogen (secondary N) is 3. The molecule has 82 valence electrons. The predicted octanol–water partition coefficient (Wildman–Crippen LogP) is -0.406. The molecular weight excluding hydrogens is 203 g/mol. The van der Waals surface area contributed by atoms with Gasteiger partial charge in [-0.25, -0.2) is 4.79 Å². The Labute approximate surface area is 78.0 Å². The summed E-state index contributed by atoms with van der Waals surface area (Å²) in [4.78, 5) is 20.7. The van der Waals surface area contributed by atoms with Crippen LogP contribution in [0.15, 0.2) is 0 Å². The van der Waals surface area contributed by atoms with E-state index in [-0.39, 0.29) is 13.1 Å². The minimum atomic E-state index is -4.88. The topological polar surface area (TPSA) is 70.2 Å². The molecule has 14 heavy (non-hydrogen) atoms.